The number of hydrogen-bond donors (Lipinski definition) is 0. The van der Waals surface area contributed by atoms with Gasteiger partial charge in [-0.25, -0.2) is 0 Å². The van der Waals surface area contributed by atoms with Gasteiger partial charge in [0.2, 0.25) is 0 Å². The zero-order valence-corrected chi connectivity index (χ0v) is 11.8. The molecule has 1 rings (SSSR count). The highest BCUT2D eigenvalue weighted by atomic mass is 35.5. The Hall–Kier alpha value is -0.460. The Bertz CT molecular complexity index is 401. The van der Waals surface area contributed by atoms with Gasteiger partial charge in [-0.3, -0.25) is 0 Å². The maximum atomic E-state index is 5.77. The van der Waals surface area contributed by atoms with Crippen LogP contribution in [0.4, 0.5) is 0 Å². The summed E-state index contributed by atoms with van der Waals surface area (Å²) in [5.74, 6) is 0.452. The van der Waals surface area contributed by atoms with E-state index in [4.69, 9.17) is 23.2 Å². The van der Waals surface area contributed by atoms with E-state index in [9.17, 15) is 0 Å². The molecule has 0 heterocycles. The molecule has 16 heavy (non-hydrogen) atoms. The molecule has 1 unspecified atom stereocenters. The van der Waals surface area contributed by atoms with E-state index in [1.807, 2.05) is 6.92 Å². The summed E-state index contributed by atoms with van der Waals surface area (Å²) in [4.78, 5) is 0. The van der Waals surface area contributed by atoms with Crippen LogP contribution in [0.25, 0.3) is 0 Å². The fourth-order valence-electron chi connectivity index (χ4n) is 2.02. The number of benzene rings is 1. The summed E-state index contributed by atoms with van der Waals surface area (Å²) >= 11 is 11.5. The quantitative estimate of drug-likeness (QED) is 0.670. The summed E-state index contributed by atoms with van der Waals surface area (Å²) in [7, 11) is 0. The van der Waals surface area contributed by atoms with Crippen molar-refractivity contribution in [3.63, 3.8) is 0 Å². The summed E-state index contributed by atoms with van der Waals surface area (Å²) in [6.07, 6.45) is 0.909. The molecule has 1 aromatic carbocycles. The first-order chi connectivity index (χ1) is 7.41. The van der Waals surface area contributed by atoms with E-state index < -0.39 is 0 Å². The zero-order chi connectivity index (χ0) is 12.3. The van der Waals surface area contributed by atoms with Crippen LogP contribution >= 0.6 is 23.2 Å². The molecule has 0 nitrogen and oxygen atoms in total. The van der Waals surface area contributed by atoms with Crippen LogP contribution < -0.4 is 0 Å². The average Bonchev–Trinajstić information content (AvgIpc) is 2.16. The lowest BCUT2D eigenvalue weighted by atomic mass is 9.90. The molecule has 1 atom stereocenters. The molecule has 88 valence electrons. The Morgan fingerprint density at radius 3 is 2.38 bits per heavy atom. The third-order valence-electron chi connectivity index (χ3n) is 2.89. The van der Waals surface area contributed by atoms with Gasteiger partial charge >= 0.3 is 0 Å². The minimum Gasteiger partial charge on any atom is -0.0710 e. The van der Waals surface area contributed by atoms with Crippen LogP contribution in [0, 0.1) is 13.8 Å². The average molecular weight is 257 g/mol. The van der Waals surface area contributed by atoms with Crippen LogP contribution in [0.2, 0.25) is 0 Å². The van der Waals surface area contributed by atoms with Crippen molar-refractivity contribution in [2.24, 2.45) is 0 Å². The lowest BCUT2D eigenvalue weighted by Gasteiger charge is -2.15. The maximum absolute atomic E-state index is 5.77. The van der Waals surface area contributed by atoms with Crippen LogP contribution in [0.5, 0.6) is 0 Å². The third-order valence-corrected chi connectivity index (χ3v) is 3.54. The Balaban J connectivity index is 2.89. The molecule has 0 saturated carbocycles. The van der Waals surface area contributed by atoms with E-state index in [0.717, 1.165) is 12.0 Å². The van der Waals surface area contributed by atoms with Crippen LogP contribution in [0.15, 0.2) is 28.3 Å². The Morgan fingerprint density at radius 1 is 1.25 bits per heavy atom. The van der Waals surface area contributed by atoms with Crippen LogP contribution in [-0.2, 0) is 0 Å². The molecule has 2 heteroatoms. The second-order valence-electron chi connectivity index (χ2n) is 4.51. The topological polar surface area (TPSA) is 0 Å². The fraction of sp³-hybridized carbons (Fsp3) is 0.429. The summed E-state index contributed by atoms with van der Waals surface area (Å²) in [6, 6.07) is 6.57. The Kier molecular flexibility index (Phi) is 4.89. The molecular weight excluding hydrogens is 239 g/mol. The zero-order valence-electron chi connectivity index (χ0n) is 10.3. The normalized spacial score (nSPS) is 12.4. The molecule has 0 N–H and O–H groups in total. The summed E-state index contributed by atoms with van der Waals surface area (Å²) < 4.78 is 0.400. The molecule has 0 aliphatic heterocycles. The van der Waals surface area contributed by atoms with E-state index in [1.165, 1.54) is 16.7 Å². The van der Waals surface area contributed by atoms with Gasteiger partial charge in [-0.05, 0) is 49.8 Å². The van der Waals surface area contributed by atoms with E-state index >= 15 is 0 Å². The molecule has 0 amide bonds. The van der Waals surface area contributed by atoms with Crippen LogP contribution in [-0.4, -0.2) is 0 Å². The highest BCUT2D eigenvalue weighted by molar-refractivity contribution is 6.56. The van der Waals surface area contributed by atoms with E-state index in [0.29, 0.717) is 10.4 Å². The van der Waals surface area contributed by atoms with Gasteiger partial charge in [0.25, 0.3) is 0 Å². The molecule has 0 spiro atoms. The SMILES string of the molecule is CC(CC(C)c1ccc(C)cc1C)=C(Cl)Cl. The van der Waals surface area contributed by atoms with Gasteiger partial charge in [-0.15, -0.1) is 0 Å². The first-order valence-electron chi connectivity index (χ1n) is 5.49. The standard InChI is InChI=1S/C14H18Cl2/c1-9-5-6-13(10(2)7-9)11(3)8-12(4)14(15)16/h5-7,11H,8H2,1-4H3. The van der Waals surface area contributed by atoms with Gasteiger partial charge in [-0.2, -0.15) is 0 Å². The molecule has 0 saturated heterocycles. The number of hydrogen-bond acceptors (Lipinski definition) is 0. The van der Waals surface area contributed by atoms with Crippen molar-refractivity contribution in [2.45, 2.75) is 40.0 Å². The van der Waals surface area contributed by atoms with Crippen molar-refractivity contribution < 1.29 is 0 Å². The highest BCUT2D eigenvalue weighted by Crippen LogP contribution is 2.29. The van der Waals surface area contributed by atoms with Gasteiger partial charge in [0.15, 0.2) is 0 Å². The lowest BCUT2D eigenvalue weighted by Crippen LogP contribution is -1.98. The van der Waals surface area contributed by atoms with Gasteiger partial charge in [0.05, 0.1) is 0 Å². The van der Waals surface area contributed by atoms with Crippen molar-refractivity contribution in [3.8, 4) is 0 Å². The molecule has 0 radical (unpaired) electrons. The van der Waals surface area contributed by atoms with Crippen molar-refractivity contribution in [3.05, 3.63) is 45.0 Å². The monoisotopic (exact) mass is 256 g/mol. The number of allylic oxidation sites excluding steroid dienone is 1. The van der Waals surface area contributed by atoms with Gasteiger partial charge in [-0.1, -0.05) is 53.9 Å². The van der Waals surface area contributed by atoms with Gasteiger partial charge < -0.3 is 0 Å². The van der Waals surface area contributed by atoms with Crippen molar-refractivity contribution in [1.29, 1.82) is 0 Å². The largest absolute Gasteiger partial charge is 0.105 e. The number of halogens is 2. The van der Waals surface area contributed by atoms with Gasteiger partial charge in [0.1, 0.15) is 4.49 Å². The molecular formula is C14H18Cl2. The Labute approximate surface area is 108 Å². The van der Waals surface area contributed by atoms with Crippen LogP contribution in [0.3, 0.4) is 0 Å². The summed E-state index contributed by atoms with van der Waals surface area (Å²) in [6.45, 7) is 8.45. The van der Waals surface area contributed by atoms with E-state index in [1.54, 1.807) is 0 Å². The second-order valence-corrected chi connectivity index (χ2v) is 5.46. The smallest absolute Gasteiger partial charge is 0.0710 e. The third kappa shape index (κ3) is 3.54. The van der Waals surface area contributed by atoms with Crippen molar-refractivity contribution in [1.82, 2.24) is 0 Å². The molecule has 0 aliphatic carbocycles. The molecule has 0 fully saturated rings. The minimum atomic E-state index is 0.400. The predicted octanol–water partition coefficient (Wildman–Crippen LogP) is 5.51. The summed E-state index contributed by atoms with van der Waals surface area (Å²) in [5.41, 5.74) is 5.07. The fourth-order valence-corrected chi connectivity index (χ4v) is 2.18. The minimum absolute atomic E-state index is 0.400. The molecule has 0 bridgehead atoms. The molecule has 0 aliphatic rings. The highest BCUT2D eigenvalue weighted by Gasteiger charge is 2.10. The second kappa shape index (κ2) is 5.75. The molecule has 0 aromatic heterocycles. The van der Waals surface area contributed by atoms with E-state index in [-0.39, 0.29) is 0 Å². The number of rotatable bonds is 3. The first-order valence-corrected chi connectivity index (χ1v) is 6.25. The molecule has 1 aromatic rings. The Morgan fingerprint density at radius 2 is 1.88 bits per heavy atom. The van der Waals surface area contributed by atoms with Crippen molar-refractivity contribution in [2.75, 3.05) is 0 Å². The van der Waals surface area contributed by atoms with E-state index in [2.05, 4.69) is 39.0 Å². The van der Waals surface area contributed by atoms with Crippen LogP contribution in [0.1, 0.15) is 42.9 Å². The van der Waals surface area contributed by atoms with Crippen molar-refractivity contribution >= 4 is 23.2 Å². The lowest BCUT2D eigenvalue weighted by molar-refractivity contribution is 0.745. The number of aryl methyl sites for hydroxylation is 2. The first kappa shape index (κ1) is 13.6. The predicted molar refractivity (Wildman–Crippen MR) is 73.4 cm³/mol. The van der Waals surface area contributed by atoms with Gasteiger partial charge in [0, 0.05) is 0 Å². The maximum Gasteiger partial charge on any atom is 0.105 e. The summed E-state index contributed by atoms with van der Waals surface area (Å²) in [5, 5.41) is 0.